The van der Waals surface area contributed by atoms with Crippen LogP contribution in [0.4, 0.5) is 13.2 Å². The molecule has 150 valence electrons. The van der Waals surface area contributed by atoms with Gasteiger partial charge in [0.05, 0.1) is 16.3 Å². The van der Waals surface area contributed by atoms with Crippen molar-refractivity contribution in [1.29, 1.82) is 0 Å². The van der Waals surface area contributed by atoms with Gasteiger partial charge < -0.3 is 0 Å². The highest BCUT2D eigenvalue weighted by Crippen LogP contribution is 2.36. The van der Waals surface area contributed by atoms with Crippen LogP contribution in [0, 0.1) is 0 Å². The maximum absolute atomic E-state index is 13.3. The highest BCUT2D eigenvalue weighted by atomic mass is 32.2. The van der Waals surface area contributed by atoms with E-state index in [1.54, 1.807) is 17.8 Å². The summed E-state index contributed by atoms with van der Waals surface area (Å²) in [6.07, 6.45) is -0.627. The maximum Gasteiger partial charge on any atom is 0.435 e. The molecule has 2 N–H and O–H groups in total. The first-order valence-electron chi connectivity index (χ1n) is 8.37. The largest absolute Gasteiger partial charge is 0.435 e. The zero-order valence-electron chi connectivity index (χ0n) is 14.7. The predicted molar refractivity (Wildman–Crippen MR) is 105 cm³/mol. The Morgan fingerprint density at radius 1 is 1.07 bits per heavy atom. The lowest BCUT2D eigenvalue weighted by Crippen LogP contribution is -2.12. The Labute approximate surface area is 169 Å². The summed E-state index contributed by atoms with van der Waals surface area (Å²) in [4.78, 5) is 0.832. The van der Waals surface area contributed by atoms with Gasteiger partial charge in [0.15, 0.2) is 5.69 Å². The van der Waals surface area contributed by atoms with E-state index in [4.69, 9.17) is 5.14 Å². The van der Waals surface area contributed by atoms with Crippen molar-refractivity contribution in [3.8, 4) is 16.9 Å². The Morgan fingerprint density at radius 2 is 1.79 bits per heavy atom. The highest BCUT2D eigenvalue weighted by molar-refractivity contribution is 7.99. The molecule has 4 rings (SSSR count). The lowest BCUT2D eigenvalue weighted by molar-refractivity contribution is -0.141. The molecule has 29 heavy (non-hydrogen) atoms. The lowest BCUT2D eigenvalue weighted by Gasteiger charge is -2.13. The molecular formula is C19H14F3N3O2S2. The number of alkyl halides is 3. The van der Waals surface area contributed by atoms with Crippen molar-refractivity contribution >= 4 is 27.9 Å². The average molecular weight is 437 g/mol. The fourth-order valence-electron chi connectivity index (χ4n) is 2.97. The summed E-state index contributed by atoms with van der Waals surface area (Å²) in [6, 6.07) is 11.6. The number of nitrogens with zero attached hydrogens (tertiary/aromatic N) is 2. The molecule has 1 aliphatic rings. The standard InChI is InChI=1S/C19H14F3N3O2S2/c20-19(21,22)18-11-16(13-4-3-12-2-1-9-28-17(12)10-13)25(24-18)14-5-7-15(8-6-14)29(23,26)27/h1-8,10-11H,9H2,(H2,23,26,27). The van der Waals surface area contributed by atoms with Crippen LogP contribution in [0.2, 0.25) is 0 Å². The number of primary sulfonamides is 1. The van der Waals surface area contributed by atoms with Gasteiger partial charge in [0.1, 0.15) is 0 Å². The van der Waals surface area contributed by atoms with Crippen LogP contribution in [-0.2, 0) is 16.2 Å². The summed E-state index contributed by atoms with van der Waals surface area (Å²) in [7, 11) is -3.91. The van der Waals surface area contributed by atoms with Gasteiger partial charge in [-0.3, -0.25) is 0 Å². The number of sulfonamides is 1. The number of nitrogens with two attached hydrogens (primary N) is 1. The summed E-state index contributed by atoms with van der Waals surface area (Å²) in [6.45, 7) is 0. The smallest absolute Gasteiger partial charge is 0.233 e. The molecule has 0 unspecified atom stereocenters. The maximum atomic E-state index is 13.3. The molecule has 0 saturated carbocycles. The Balaban J connectivity index is 1.86. The number of aromatic nitrogens is 2. The number of halogens is 3. The van der Waals surface area contributed by atoms with Gasteiger partial charge in [0.25, 0.3) is 0 Å². The Bertz CT molecular complexity index is 1210. The Hall–Kier alpha value is -2.56. The molecule has 3 aromatic rings. The van der Waals surface area contributed by atoms with Crippen LogP contribution in [0.25, 0.3) is 23.0 Å². The third kappa shape index (κ3) is 3.96. The summed E-state index contributed by atoms with van der Waals surface area (Å²) >= 11 is 1.60. The van der Waals surface area contributed by atoms with Gasteiger partial charge in [0, 0.05) is 16.2 Å². The molecule has 0 spiro atoms. The zero-order chi connectivity index (χ0) is 20.8. The fraction of sp³-hybridized carbons (Fsp3) is 0.105. The van der Waals surface area contributed by atoms with Crippen LogP contribution >= 0.6 is 11.8 Å². The lowest BCUT2D eigenvalue weighted by atomic mass is 10.1. The topological polar surface area (TPSA) is 78.0 Å². The number of thioether (sulfide) groups is 1. The van der Waals surface area contributed by atoms with E-state index in [-0.39, 0.29) is 16.3 Å². The molecule has 5 nitrogen and oxygen atoms in total. The summed E-state index contributed by atoms with van der Waals surface area (Å²) < 4.78 is 64.0. The highest BCUT2D eigenvalue weighted by Gasteiger charge is 2.35. The first-order valence-corrected chi connectivity index (χ1v) is 10.9. The second kappa shape index (κ2) is 7.05. The summed E-state index contributed by atoms with van der Waals surface area (Å²) in [5.74, 6) is 0.790. The van der Waals surface area contributed by atoms with Crippen molar-refractivity contribution in [3.05, 3.63) is 65.9 Å². The second-order valence-electron chi connectivity index (χ2n) is 6.33. The van der Waals surface area contributed by atoms with Gasteiger partial charge in [-0.2, -0.15) is 18.3 Å². The SMILES string of the molecule is NS(=O)(=O)c1ccc(-n2nc(C(F)(F)F)cc2-c2ccc3c(c2)SCC=C3)cc1. The normalized spacial score (nSPS) is 14.1. The van der Waals surface area contributed by atoms with E-state index in [1.165, 1.54) is 24.3 Å². The number of hydrogen-bond acceptors (Lipinski definition) is 4. The third-order valence-corrected chi connectivity index (χ3v) is 6.30. The Morgan fingerprint density at radius 3 is 2.45 bits per heavy atom. The van der Waals surface area contributed by atoms with E-state index < -0.39 is 21.9 Å². The molecule has 1 aromatic heterocycles. The molecule has 0 saturated heterocycles. The van der Waals surface area contributed by atoms with E-state index in [0.29, 0.717) is 5.56 Å². The van der Waals surface area contributed by atoms with E-state index in [2.05, 4.69) is 5.10 Å². The number of hydrogen-bond donors (Lipinski definition) is 1. The van der Waals surface area contributed by atoms with Crippen LogP contribution in [0.1, 0.15) is 11.3 Å². The van der Waals surface area contributed by atoms with E-state index in [9.17, 15) is 21.6 Å². The molecule has 2 aromatic carbocycles. The molecule has 0 bridgehead atoms. The van der Waals surface area contributed by atoms with Crippen LogP contribution in [0.15, 0.2) is 64.4 Å². The van der Waals surface area contributed by atoms with Crippen LogP contribution in [-0.4, -0.2) is 24.0 Å². The molecule has 1 aliphatic heterocycles. The number of rotatable bonds is 3. The zero-order valence-corrected chi connectivity index (χ0v) is 16.4. The third-order valence-electron chi connectivity index (χ3n) is 4.35. The molecule has 0 atom stereocenters. The van der Waals surface area contributed by atoms with Crippen LogP contribution in [0.3, 0.4) is 0 Å². The quantitative estimate of drug-likeness (QED) is 0.662. The van der Waals surface area contributed by atoms with Gasteiger partial charge in [-0.15, -0.1) is 11.8 Å². The van der Waals surface area contributed by atoms with Gasteiger partial charge >= 0.3 is 6.18 Å². The number of fused-ring (bicyclic) bond motifs is 1. The molecule has 10 heteroatoms. The van der Waals surface area contributed by atoms with Gasteiger partial charge in [-0.1, -0.05) is 24.3 Å². The number of benzene rings is 2. The van der Waals surface area contributed by atoms with Crippen molar-refractivity contribution in [3.63, 3.8) is 0 Å². The molecular weight excluding hydrogens is 423 g/mol. The van der Waals surface area contributed by atoms with Gasteiger partial charge in [-0.05, 0) is 42.0 Å². The van der Waals surface area contributed by atoms with Crippen molar-refractivity contribution in [1.82, 2.24) is 9.78 Å². The summed E-state index contributed by atoms with van der Waals surface area (Å²) in [5, 5.41) is 8.81. The molecule has 0 amide bonds. The van der Waals surface area contributed by atoms with Crippen molar-refractivity contribution in [2.24, 2.45) is 5.14 Å². The molecule has 0 fully saturated rings. The predicted octanol–water partition coefficient (Wildman–Crippen LogP) is 4.32. The van der Waals surface area contributed by atoms with Crippen molar-refractivity contribution < 1.29 is 21.6 Å². The van der Waals surface area contributed by atoms with Crippen LogP contribution < -0.4 is 5.14 Å². The van der Waals surface area contributed by atoms with E-state index in [1.807, 2.05) is 24.3 Å². The molecule has 0 radical (unpaired) electrons. The van der Waals surface area contributed by atoms with Gasteiger partial charge in [-0.25, -0.2) is 18.2 Å². The van der Waals surface area contributed by atoms with E-state index >= 15 is 0 Å². The monoisotopic (exact) mass is 437 g/mol. The van der Waals surface area contributed by atoms with Crippen molar-refractivity contribution in [2.75, 3.05) is 5.75 Å². The minimum Gasteiger partial charge on any atom is -0.233 e. The Kier molecular flexibility index (Phi) is 4.80. The minimum atomic E-state index is -4.62. The summed E-state index contributed by atoms with van der Waals surface area (Å²) in [5.41, 5.74) is 1.08. The molecule has 2 heterocycles. The molecule has 0 aliphatic carbocycles. The second-order valence-corrected chi connectivity index (χ2v) is 8.95. The average Bonchev–Trinajstić information content (AvgIpc) is 3.13. The van der Waals surface area contributed by atoms with Crippen LogP contribution in [0.5, 0.6) is 0 Å². The first kappa shape index (κ1) is 19.7. The van der Waals surface area contributed by atoms with E-state index in [0.717, 1.165) is 27.0 Å². The fourth-order valence-corrected chi connectivity index (χ4v) is 4.37. The van der Waals surface area contributed by atoms with Crippen molar-refractivity contribution in [2.45, 2.75) is 16.0 Å². The first-order chi connectivity index (χ1) is 13.6. The van der Waals surface area contributed by atoms with Gasteiger partial charge in [0.2, 0.25) is 10.0 Å². The minimum absolute atomic E-state index is 0.136.